The number of halogens is 1. The quantitative estimate of drug-likeness (QED) is 0.859. The number of hydrogen-bond donors (Lipinski definition) is 2. The summed E-state index contributed by atoms with van der Waals surface area (Å²) in [5.41, 5.74) is 8.17. The van der Waals surface area contributed by atoms with Gasteiger partial charge in [0.25, 0.3) is 0 Å². The van der Waals surface area contributed by atoms with Gasteiger partial charge in [-0.3, -0.25) is 4.79 Å². The molecule has 2 atom stereocenters. The van der Waals surface area contributed by atoms with Gasteiger partial charge in [-0.05, 0) is 23.6 Å². The standard InChI is InChI=1S/C18H21ClN2O/c1-13(17(20)15-8-3-2-4-9-15)18(22)21-12-11-14-7-5-6-10-16(14)19/h2-10,13,17H,11-12,20H2,1H3,(H,21,22). The Morgan fingerprint density at radius 2 is 1.77 bits per heavy atom. The topological polar surface area (TPSA) is 55.1 Å². The summed E-state index contributed by atoms with van der Waals surface area (Å²) in [6.45, 7) is 2.40. The highest BCUT2D eigenvalue weighted by Gasteiger charge is 2.21. The van der Waals surface area contributed by atoms with Crippen LogP contribution >= 0.6 is 11.6 Å². The summed E-state index contributed by atoms with van der Waals surface area (Å²) in [7, 11) is 0. The fourth-order valence-corrected chi connectivity index (χ4v) is 2.54. The van der Waals surface area contributed by atoms with E-state index in [1.165, 1.54) is 0 Å². The molecule has 4 heteroatoms. The molecule has 0 bridgehead atoms. The molecule has 0 aliphatic rings. The van der Waals surface area contributed by atoms with Crippen molar-refractivity contribution in [3.63, 3.8) is 0 Å². The van der Waals surface area contributed by atoms with E-state index in [-0.39, 0.29) is 17.9 Å². The highest BCUT2D eigenvalue weighted by atomic mass is 35.5. The Morgan fingerprint density at radius 1 is 1.14 bits per heavy atom. The molecule has 0 spiro atoms. The average Bonchev–Trinajstić information content (AvgIpc) is 2.56. The first-order valence-corrected chi connectivity index (χ1v) is 7.79. The summed E-state index contributed by atoms with van der Waals surface area (Å²) in [5, 5.41) is 3.66. The van der Waals surface area contributed by atoms with E-state index in [0.717, 1.165) is 16.1 Å². The molecule has 0 aliphatic heterocycles. The summed E-state index contributed by atoms with van der Waals surface area (Å²) in [6, 6.07) is 17.0. The van der Waals surface area contributed by atoms with Crippen molar-refractivity contribution in [2.75, 3.05) is 6.54 Å². The lowest BCUT2D eigenvalue weighted by Gasteiger charge is -2.20. The highest BCUT2D eigenvalue weighted by Crippen LogP contribution is 2.19. The van der Waals surface area contributed by atoms with Crippen molar-refractivity contribution in [2.45, 2.75) is 19.4 Å². The van der Waals surface area contributed by atoms with E-state index in [9.17, 15) is 4.79 Å². The number of carbonyl (C=O) groups excluding carboxylic acids is 1. The van der Waals surface area contributed by atoms with Crippen LogP contribution in [0, 0.1) is 5.92 Å². The number of hydrogen-bond acceptors (Lipinski definition) is 2. The van der Waals surface area contributed by atoms with Crippen LogP contribution in [-0.2, 0) is 11.2 Å². The summed E-state index contributed by atoms with van der Waals surface area (Å²) in [6.07, 6.45) is 0.707. The predicted molar refractivity (Wildman–Crippen MR) is 90.7 cm³/mol. The molecule has 0 heterocycles. The second kappa shape index (κ2) is 7.97. The highest BCUT2D eigenvalue weighted by molar-refractivity contribution is 6.31. The number of nitrogens with two attached hydrogens (primary N) is 1. The number of amides is 1. The van der Waals surface area contributed by atoms with E-state index in [1.807, 2.05) is 61.5 Å². The first-order valence-electron chi connectivity index (χ1n) is 7.41. The van der Waals surface area contributed by atoms with E-state index in [2.05, 4.69) is 5.32 Å². The van der Waals surface area contributed by atoms with Gasteiger partial charge in [0, 0.05) is 17.6 Å². The van der Waals surface area contributed by atoms with Crippen molar-refractivity contribution in [3.05, 3.63) is 70.7 Å². The summed E-state index contributed by atoms with van der Waals surface area (Å²) < 4.78 is 0. The van der Waals surface area contributed by atoms with Crippen molar-refractivity contribution in [2.24, 2.45) is 11.7 Å². The fraction of sp³-hybridized carbons (Fsp3) is 0.278. The van der Waals surface area contributed by atoms with Crippen LogP contribution in [-0.4, -0.2) is 12.5 Å². The second-order valence-corrected chi connectivity index (χ2v) is 5.76. The van der Waals surface area contributed by atoms with E-state index in [1.54, 1.807) is 0 Å². The van der Waals surface area contributed by atoms with Gasteiger partial charge < -0.3 is 11.1 Å². The summed E-state index contributed by atoms with van der Waals surface area (Å²) >= 11 is 6.10. The van der Waals surface area contributed by atoms with Crippen LogP contribution in [0.5, 0.6) is 0 Å². The molecule has 1 amide bonds. The Balaban J connectivity index is 1.85. The van der Waals surface area contributed by atoms with Gasteiger partial charge in [-0.25, -0.2) is 0 Å². The van der Waals surface area contributed by atoms with Gasteiger partial charge in [-0.15, -0.1) is 0 Å². The predicted octanol–water partition coefficient (Wildman–Crippen LogP) is 3.33. The van der Waals surface area contributed by atoms with Crippen molar-refractivity contribution in [1.82, 2.24) is 5.32 Å². The van der Waals surface area contributed by atoms with Crippen LogP contribution < -0.4 is 11.1 Å². The van der Waals surface area contributed by atoms with Gasteiger partial charge in [0.1, 0.15) is 0 Å². The van der Waals surface area contributed by atoms with Gasteiger partial charge in [0.2, 0.25) is 5.91 Å². The zero-order valence-corrected chi connectivity index (χ0v) is 13.4. The first-order chi connectivity index (χ1) is 10.6. The molecule has 2 unspecified atom stereocenters. The molecular formula is C18H21ClN2O. The molecular weight excluding hydrogens is 296 g/mol. The minimum absolute atomic E-state index is 0.0385. The minimum atomic E-state index is -0.304. The smallest absolute Gasteiger partial charge is 0.224 e. The number of rotatable bonds is 6. The van der Waals surface area contributed by atoms with Crippen molar-refractivity contribution >= 4 is 17.5 Å². The van der Waals surface area contributed by atoms with Crippen LogP contribution in [0.3, 0.4) is 0 Å². The fourth-order valence-electron chi connectivity index (χ4n) is 2.31. The number of carbonyl (C=O) groups is 1. The van der Waals surface area contributed by atoms with Crippen LogP contribution in [0.15, 0.2) is 54.6 Å². The van der Waals surface area contributed by atoms with Gasteiger partial charge in [0.15, 0.2) is 0 Å². The van der Waals surface area contributed by atoms with Gasteiger partial charge >= 0.3 is 0 Å². The molecule has 0 aliphatic carbocycles. The third-order valence-corrected chi connectivity index (χ3v) is 4.16. The van der Waals surface area contributed by atoms with Crippen molar-refractivity contribution in [3.8, 4) is 0 Å². The van der Waals surface area contributed by atoms with Crippen LogP contribution in [0.2, 0.25) is 5.02 Å². The van der Waals surface area contributed by atoms with Crippen LogP contribution in [0.25, 0.3) is 0 Å². The summed E-state index contributed by atoms with van der Waals surface area (Å²) in [5.74, 6) is -0.322. The summed E-state index contributed by atoms with van der Waals surface area (Å²) in [4.78, 5) is 12.2. The third kappa shape index (κ3) is 4.33. The SMILES string of the molecule is CC(C(=O)NCCc1ccccc1Cl)C(N)c1ccccc1. The molecule has 116 valence electrons. The van der Waals surface area contributed by atoms with Crippen molar-refractivity contribution in [1.29, 1.82) is 0 Å². The normalized spacial score (nSPS) is 13.4. The lowest BCUT2D eigenvalue weighted by atomic mass is 9.94. The van der Waals surface area contributed by atoms with Crippen LogP contribution in [0.4, 0.5) is 0 Å². The van der Waals surface area contributed by atoms with Gasteiger partial charge in [-0.1, -0.05) is 67.1 Å². The molecule has 0 radical (unpaired) electrons. The minimum Gasteiger partial charge on any atom is -0.355 e. The Morgan fingerprint density at radius 3 is 2.45 bits per heavy atom. The van der Waals surface area contributed by atoms with Crippen LogP contribution in [0.1, 0.15) is 24.1 Å². The molecule has 2 rings (SSSR count). The molecule has 0 aromatic heterocycles. The Bertz CT molecular complexity index is 615. The maximum Gasteiger partial charge on any atom is 0.224 e. The Labute approximate surface area is 136 Å². The number of nitrogens with one attached hydrogen (secondary N) is 1. The molecule has 2 aromatic rings. The lowest BCUT2D eigenvalue weighted by molar-refractivity contribution is -0.125. The molecule has 0 fully saturated rings. The second-order valence-electron chi connectivity index (χ2n) is 5.36. The third-order valence-electron chi connectivity index (χ3n) is 3.79. The number of benzene rings is 2. The van der Waals surface area contributed by atoms with Gasteiger partial charge in [-0.2, -0.15) is 0 Å². The van der Waals surface area contributed by atoms with E-state index in [4.69, 9.17) is 17.3 Å². The molecule has 3 nitrogen and oxygen atoms in total. The first kappa shape index (κ1) is 16.5. The Kier molecular flexibility index (Phi) is 5.99. The lowest BCUT2D eigenvalue weighted by Crippen LogP contribution is -2.36. The monoisotopic (exact) mass is 316 g/mol. The maximum atomic E-state index is 12.2. The zero-order valence-electron chi connectivity index (χ0n) is 12.6. The molecule has 3 N–H and O–H groups in total. The largest absolute Gasteiger partial charge is 0.355 e. The molecule has 0 saturated heterocycles. The molecule has 0 saturated carbocycles. The van der Waals surface area contributed by atoms with E-state index >= 15 is 0 Å². The van der Waals surface area contributed by atoms with Gasteiger partial charge in [0.05, 0.1) is 5.92 Å². The average molecular weight is 317 g/mol. The van der Waals surface area contributed by atoms with E-state index in [0.29, 0.717) is 13.0 Å². The van der Waals surface area contributed by atoms with E-state index < -0.39 is 0 Å². The maximum absolute atomic E-state index is 12.2. The molecule has 22 heavy (non-hydrogen) atoms. The Hall–Kier alpha value is -1.84. The van der Waals surface area contributed by atoms with Crippen molar-refractivity contribution < 1.29 is 4.79 Å². The zero-order chi connectivity index (χ0) is 15.9. The molecule has 2 aromatic carbocycles.